The van der Waals surface area contributed by atoms with Crippen LogP contribution in [-0.4, -0.2) is 60.6 Å². The van der Waals surface area contributed by atoms with Crippen molar-refractivity contribution in [2.24, 2.45) is 0 Å². The number of aromatic nitrogens is 5. The van der Waals surface area contributed by atoms with Gasteiger partial charge in [0.1, 0.15) is 11.9 Å². The average Bonchev–Trinajstić information content (AvgIpc) is 3.24. The molecule has 0 bridgehead atoms. The summed E-state index contributed by atoms with van der Waals surface area (Å²) in [5.41, 5.74) is 1.39. The number of rotatable bonds is 3. The molecule has 4 heterocycles. The number of likely N-dealkylation sites (tertiary alicyclic amines) is 1. The molecular formula is C19H21N7O2. The first-order valence-electron chi connectivity index (χ1n) is 8.97. The number of hydrogen-bond acceptors (Lipinski definition) is 5. The van der Waals surface area contributed by atoms with Gasteiger partial charge in [-0.15, -0.1) is 0 Å². The summed E-state index contributed by atoms with van der Waals surface area (Å²) in [6, 6.07) is 5.74. The molecule has 0 aliphatic carbocycles. The lowest BCUT2D eigenvalue weighted by Crippen LogP contribution is -2.66. The van der Waals surface area contributed by atoms with Gasteiger partial charge in [-0.1, -0.05) is 6.07 Å². The Morgan fingerprint density at radius 3 is 2.82 bits per heavy atom. The summed E-state index contributed by atoms with van der Waals surface area (Å²) < 4.78 is 8.96. The Kier molecular flexibility index (Phi) is 4.07. The second kappa shape index (κ2) is 6.34. The molecular weight excluding hydrogens is 358 g/mol. The van der Waals surface area contributed by atoms with Crippen LogP contribution < -0.4 is 0 Å². The van der Waals surface area contributed by atoms with Crippen molar-refractivity contribution >= 4 is 11.7 Å². The number of ether oxygens (including phenoxy) is 1. The van der Waals surface area contributed by atoms with Crippen molar-refractivity contribution in [3.05, 3.63) is 48.3 Å². The molecule has 1 fully saturated rings. The van der Waals surface area contributed by atoms with E-state index in [1.54, 1.807) is 20.3 Å². The maximum Gasteiger partial charge on any atom is 0.410 e. The van der Waals surface area contributed by atoms with E-state index in [0.717, 1.165) is 16.9 Å². The zero-order valence-electron chi connectivity index (χ0n) is 16.0. The van der Waals surface area contributed by atoms with Crippen LogP contribution >= 0.6 is 0 Å². The minimum absolute atomic E-state index is 0.237. The summed E-state index contributed by atoms with van der Waals surface area (Å²) >= 11 is 0. The van der Waals surface area contributed by atoms with Crippen molar-refractivity contribution < 1.29 is 9.53 Å². The Morgan fingerprint density at radius 1 is 1.32 bits per heavy atom. The molecule has 0 unspecified atom stereocenters. The number of nitrogens with zero attached hydrogens (tertiary/aromatic N) is 7. The van der Waals surface area contributed by atoms with Gasteiger partial charge in [0.05, 0.1) is 25.0 Å². The summed E-state index contributed by atoms with van der Waals surface area (Å²) in [6.07, 6.45) is 4.79. The topological polar surface area (TPSA) is 81.9 Å². The number of carbonyl (C=O) groups excluding carboxylic acids is 1. The lowest BCUT2D eigenvalue weighted by Gasteiger charge is -2.46. The van der Waals surface area contributed by atoms with Crippen molar-refractivity contribution in [1.82, 2.24) is 29.3 Å². The van der Waals surface area contributed by atoms with Crippen molar-refractivity contribution in [3.63, 3.8) is 0 Å². The van der Waals surface area contributed by atoms with E-state index in [2.05, 4.69) is 20.0 Å². The second-order valence-corrected chi connectivity index (χ2v) is 7.99. The summed E-state index contributed by atoms with van der Waals surface area (Å²) in [7, 11) is 0. The molecule has 0 saturated carbocycles. The molecule has 1 amide bonds. The van der Waals surface area contributed by atoms with Gasteiger partial charge in [0.15, 0.2) is 11.2 Å². The van der Waals surface area contributed by atoms with Gasteiger partial charge in [-0.3, -0.25) is 4.68 Å². The van der Waals surface area contributed by atoms with Gasteiger partial charge in [-0.25, -0.2) is 20.9 Å². The number of pyridine rings is 1. The fraction of sp³-hybridized carbons (Fsp3) is 0.421. The number of carbonyl (C=O) groups is 1. The van der Waals surface area contributed by atoms with Crippen LogP contribution in [0.4, 0.5) is 4.79 Å². The number of hydrogen-bond donors (Lipinski definition) is 0. The summed E-state index contributed by atoms with van der Waals surface area (Å²) in [5, 5.41) is 8.75. The standard InChI is InChI=1S/C19H21N7O2/c1-18(2,3)28-17(27)24-11-19(12-24,10-20-4)25-9-14(8-22-25)15-6-5-7-16-21-13-23-26(15)16/h5-9,13H,10-12H2,1-3H3. The predicted octanol–water partition coefficient (Wildman–Crippen LogP) is 2.46. The summed E-state index contributed by atoms with van der Waals surface area (Å²) in [4.78, 5) is 21.7. The van der Waals surface area contributed by atoms with Gasteiger partial charge in [0.25, 0.3) is 0 Å². The van der Waals surface area contributed by atoms with E-state index in [1.165, 1.54) is 6.33 Å². The number of amides is 1. The Morgan fingerprint density at radius 2 is 2.11 bits per heavy atom. The fourth-order valence-electron chi connectivity index (χ4n) is 3.36. The Hall–Kier alpha value is -3.41. The molecule has 0 atom stereocenters. The summed E-state index contributed by atoms with van der Waals surface area (Å²) in [5.74, 6) is 0. The lowest BCUT2D eigenvalue weighted by molar-refractivity contribution is -0.0273. The van der Waals surface area contributed by atoms with Crippen molar-refractivity contribution in [2.45, 2.75) is 31.9 Å². The first-order chi connectivity index (χ1) is 13.3. The highest BCUT2D eigenvalue weighted by Crippen LogP contribution is 2.32. The Bertz CT molecular complexity index is 1060. The molecule has 0 spiro atoms. The summed E-state index contributed by atoms with van der Waals surface area (Å²) in [6.45, 7) is 13.9. The molecule has 1 saturated heterocycles. The Labute approximate surface area is 162 Å². The molecule has 1 aliphatic heterocycles. The normalized spacial score (nSPS) is 15.9. The van der Waals surface area contributed by atoms with Crippen LogP contribution in [0.5, 0.6) is 0 Å². The van der Waals surface area contributed by atoms with E-state index < -0.39 is 11.1 Å². The monoisotopic (exact) mass is 379 g/mol. The molecule has 1 aliphatic rings. The zero-order valence-corrected chi connectivity index (χ0v) is 16.0. The van der Waals surface area contributed by atoms with Crippen LogP contribution in [0.25, 0.3) is 21.7 Å². The third-order valence-electron chi connectivity index (χ3n) is 4.66. The van der Waals surface area contributed by atoms with Gasteiger partial charge in [0.2, 0.25) is 6.54 Å². The predicted molar refractivity (Wildman–Crippen MR) is 101 cm³/mol. The van der Waals surface area contributed by atoms with Crippen molar-refractivity contribution in [2.75, 3.05) is 19.6 Å². The van der Waals surface area contributed by atoms with E-state index in [-0.39, 0.29) is 12.6 Å². The highest BCUT2D eigenvalue weighted by atomic mass is 16.6. The third kappa shape index (κ3) is 3.07. The van der Waals surface area contributed by atoms with Gasteiger partial charge in [-0.2, -0.15) is 10.2 Å². The smallest absolute Gasteiger partial charge is 0.410 e. The maximum atomic E-state index is 12.3. The van der Waals surface area contributed by atoms with E-state index in [4.69, 9.17) is 11.3 Å². The quantitative estimate of drug-likeness (QED) is 0.653. The lowest BCUT2D eigenvalue weighted by atomic mass is 9.90. The van der Waals surface area contributed by atoms with Gasteiger partial charge < -0.3 is 14.5 Å². The van der Waals surface area contributed by atoms with Gasteiger partial charge in [0, 0.05) is 11.8 Å². The van der Waals surface area contributed by atoms with Gasteiger partial charge in [-0.05, 0) is 32.9 Å². The molecule has 3 aromatic rings. The van der Waals surface area contributed by atoms with Crippen LogP contribution in [0.2, 0.25) is 0 Å². The molecule has 9 heteroatoms. The molecule has 0 radical (unpaired) electrons. The highest BCUT2D eigenvalue weighted by molar-refractivity contribution is 5.70. The molecule has 4 rings (SSSR count). The first kappa shape index (κ1) is 18.0. The highest BCUT2D eigenvalue weighted by Gasteiger charge is 2.51. The largest absolute Gasteiger partial charge is 0.444 e. The van der Waals surface area contributed by atoms with Crippen LogP contribution in [0.15, 0.2) is 36.9 Å². The van der Waals surface area contributed by atoms with Crippen molar-refractivity contribution in [1.29, 1.82) is 0 Å². The van der Waals surface area contributed by atoms with E-state index >= 15 is 0 Å². The fourth-order valence-corrected chi connectivity index (χ4v) is 3.36. The van der Waals surface area contributed by atoms with Crippen LogP contribution in [0, 0.1) is 6.57 Å². The molecule has 28 heavy (non-hydrogen) atoms. The van der Waals surface area contributed by atoms with Crippen LogP contribution in [0.3, 0.4) is 0 Å². The van der Waals surface area contributed by atoms with Crippen LogP contribution in [-0.2, 0) is 10.3 Å². The minimum atomic E-state index is -0.551. The zero-order chi connectivity index (χ0) is 19.9. The molecule has 0 N–H and O–H groups in total. The Balaban J connectivity index is 1.59. The molecule has 3 aromatic heterocycles. The van der Waals surface area contributed by atoms with E-state index in [1.807, 2.05) is 45.2 Å². The molecule has 144 valence electrons. The molecule has 9 nitrogen and oxygen atoms in total. The SMILES string of the molecule is [C-]#[N+]CC1(n2cc(-c3cccc4ncnn34)cn2)CN(C(=O)OC(C)(C)C)C1. The maximum absolute atomic E-state index is 12.3. The van der Waals surface area contributed by atoms with Crippen molar-refractivity contribution in [3.8, 4) is 11.3 Å². The van der Waals surface area contributed by atoms with E-state index in [0.29, 0.717) is 13.1 Å². The first-order valence-corrected chi connectivity index (χ1v) is 8.97. The molecule has 0 aromatic carbocycles. The minimum Gasteiger partial charge on any atom is -0.444 e. The van der Waals surface area contributed by atoms with Crippen LogP contribution in [0.1, 0.15) is 20.8 Å². The van der Waals surface area contributed by atoms with E-state index in [9.17, 15) is 4.79 Å². The second-order valence-electron chi connectivity index (χ2n) is 7.99. The van der Waals surface area contributed by atoms with Gasteiger partial charge >= 0.3 is 6.09 Å². The average molecular weight is 379 g/mol. The third-order valence-corrected chi connectivity index (χ3v) is 4.66. The number of fused-ring (bicyclic) bond motifs is 1.